The predicted molar refractivity (Wildman–Crippen MR) is 75.2 cm³/mol. The molecule has 0 aromatic heterocycles. The van der Waals surface area contributed by atoms with Gasteiger partial charge in [0, 0.05) is 17.7 Å². The molecule has 2 aliphatic rings. The highest BCUT2D eigenvalue weighted by atomic mass is 79.9. The molecular formula is C15H17BrO3. The number of ether oxygens (including phenoxy) is 1. The Bertz CT molecular complexity index is 481. The zero-order chi connectivity index (χ0) is 13.5. The van der Waals surface area contributed by atoms with Gasteiger partial charge >= 0.3 is 5.97 Å². The third-order valence-corrected chi connectivity index (χ3v) is 5.24. The Morgan fingerprint density at radius 3 is 2.26 bits per heavy atom. The van der Waals surface area contributed by atoms with E-state index >= 15 is 0 Å². The first-order chi connectivity index (χ1) is 9.06. The summed E-state index contributed by atoms with van der Waals surface area (Å²) in [5.41, 5.74) is 0.446. The standard InChI is InChI=1S/C15H17BrO3/c16-12-3-1-11(2-4-12)15(13(17)18)9-14(10-15)5-7-19-8-6-14/h1-4H,5-10H2,(H,17,18). The van der Waals surface area contributed by atoms with Crippen LogP contribution >= 0.6 is 15.9 Å². The molecule has 102 valence electrons. The van der Waals surface area contributed by atoms with Gasteiger partial charge < -0.3 is 9.84 Å². The van der Waals surface area contributed by atoms with E-state index in [4.69, 9.17) is 4.74 Å². The van der Waals surface area contributed by atoms with Crippen molar-refractivity contribution in [1.82, 2.24) is 0 Å². The Hall–Kier alpha value is -0.870. The van der Waals surface area contributed by atoms with Crippen molar-refractivity contribution < 1.29 is 14.6 Å². The van der Waals surface area contributed by atoms with Crippen LogP contribution in [0.15, 0.2) is 28.7 Å². The molecule has 4 heteroatoms. The van der Waals surface area contributed by atoms with Crippen LogP contribution in [0.25, 0.3) is 0 Å². The van der Waals surface area contributed by atoms with Crippen molar-refractivity contribution in [3.63, 3.8) is 0 Å². The minimum atomic E-state index is -0.688. The van der Waals surface area contributed by atoms with E-state index < -0.39 is 11.4 Å². The third-order valence-electron chi connectivity index (χ3n) is 4.71. The Balaban J connectivity index is 1.87. The maximum absolute atomic E-state index is 11.8. The first kappa shape index (κ1) is 13.1. The molecule has 1 aliphatic heterocycles. The van der Waals surface area contributed by atoms with E-state index in [0.29, 0.717) is 0 Å². The Labute approximate surface area is 121 Å². The lowest BCUT2D eigenvalue weighted by atomic mass is 9.48. The number of carbonyl (C=O) groups is 1. The molecule has 1 aromatic rings. The van der Waals surface area contributed by atoms with Crippen LogP contribution < -0.4 is 0 Å². The van der Waals surface area contributed by atoms with E-state index in [-0.39, 0.29) is 5.41 Å². The predicted octanol–water partition coefficient (Wildman–Crippen LogP) is 3.36. The number of hydrogen-bond donors (Lipinski definition) is 1. The second kappa shape index (κ2) is 4.60. The highest BCUT2D eigenvalue weighted by Gasteiger charge is 2.59. The SMILES string of the molecule is O=C(O)C1(c2ccc(Br)cc2)CC2(CCOCC2)C1. The fourth-order valence-electron chi connectivity index (χ4n) is 3.63. The lowest BCUT2D eigenvalue weighted by Gasteiger charge is -2.56. The van der Waals surface area contributed by atoms with Crippen molar-refractivity contribution in [2.75, 3.05) is 13.2 Å². The number of carboxylic acid groups (broad SMARTS) is 1. The van der Waals surface area contributed by atoms with E-state index in [1.165, 1.54) is 0 Å². The van der Waals surface area contributed by atoms with Crippen molar-refractivity contribution in [3.8, 4) is 0 Å². The number of benzene rings is 1. The molecule has 19 heavy (non-hydrogen) atoms. The van der Waals surface area contributed by atoms with Crippen molar-refractivity contribution >= 4 is 21.9 Å². The van der Waals surface area contributed by atoms with Crippen LogP contribution in [-0.2, 0) is 14.9 Å². The van der Waals surface area contributed by atoms with Gasteiger partial charge in [0.25, 0.3) is 0 Å². The maximum atomic E-state index is 11.8. The molecule has 3 rings (SSSR count). The average Bonchev–Trinajstić information content (AvgIpc) is 2.37. The molecule has 0 bridgehead atoms. The first-order valence-electron chi connectivity index (χ1n) is 6.64. The quantitative estimate of drug-likeness (QED) is 0.907. The normalized spacial score (nSPS) is 23.8. The largest absolute Gasteiger partial charge is 0.481 e. The van der Waals surface area contributed by atoms with Crippen LogP contribution in [0, 0.1) is 5.41 Å². The van der Waals surface area contributed by atoms with Crippen LogP contribution in [-0.4, -0.2) is 24.3 Å². The number of carboxylic acids is 1. The lowest BCUT2D eigenvalue weighted by Crippen LogP contribution is -2.56. The van der Waals surface area contributed by atoms with Crippen LogP contribution in [0.1, 0.15) is 31.2 Å². The Morgan fingerprint density at radius 1 is 1.16 bits per heavy atom. The van der Waals surface area contributed by atoms with Crippen molar-refractivity contribution in [3.05, 3.63) is 34.3 Å². The Kier molecular flexibility index (Phi) is 3.18. The average molecular weight is 325 g/mol. The van der Waals surface area contributed by atoms with E-state index in [1.54, 1.807) is 0 Å². The fourth-order valence-corrected chi connectivity index (χ4v) is 3.90. The van der Waals surface area contributed by atoms with E-state index in [0.717, 1.165) is 48.9 Å². The molecule has 1 heterocycles. The van der Waals surface area contributed by atoms with Crippen molar-refractivity contribution in [2.24, 2.45) is 5.41 Å². The van der Waals surface area contributed by atoms with E-state index in [1.807, 2.05) is 24.3 Å². The smallest absolute Gasteiger partial charge is 0.314 e. The highest BCUT2D eigenvalue weighted by Crippen LogP contribution is 2.60. The summed E-state index contributed by atoms with van der Waals surface area (Å²) in [7, 11) is 0. The third kappa shape index (κ3) is 2.11. The van der Waals surface area contributed by atoms with Gasteiger partial charge in [0.1, 0.15) is 0 Å². The van der Waals surface area contributed by atoms with Crippen LogP contribution in [0.4, 0.5) is 0 Å². The summed E-state index contributed by atoms with van der Waals surface area (Å²) in [5, 5.41) is 9.68. The number of halogens is 1. The number of rotatable bonds is 2. The molecule has 0 radical (unpaired) electrons. The van der Waals surface area contributed by atoms with Crippen LogP contribution in [0.5, 0.6) is 0 Å². The van der Waals surface area contributed by atoms with Crippen molar-refractivity contribution in [2.45, 2.75) is 31.1 Å². The van der Waals surface area contributed by atoms with Gasteiger partial charge in [0.05, 0.1) is 5.41 Å². The lowest BCUT2D eigenvalue weighted by molar-refractivity contribution is -0.160. The summed E-state index contributed by atoms with van der Waals surface area (Å²) >= 11 is 3.40. The Morgan fingerprint density at radius 2 is 1.74 bits per heavy atom. The molecule has 1 aliphatic carbocycles. The summed E-state index contributed by atoms with van der Waals surface area (Å²) in [4.78, 5) is 11.8. The molecule has 0 atom stereocenters. The van der Waals surface area contributed by atoms with Gasteiger partial charge in [0.2, 0.25) is 0 Å². The highest BCUT2D eigenvalue weighted by molar-refractivity contribution is 9.10. The molecule has 3 nitrogen and oxygen atoms in total. The van der Waals surface area contributed by atoms with Gasteiger partial charge in [-0.25, -0.2) is 0 Å². The molecule has 1 spiro atoms. The second-order valence-electron chi connectivity index (χ2n) is 5.86. The summed E-state index contributed by atoms with van der Waals surface area (Å²) in [6, 6.07) is 7.72. The van der Waals surface area contributed by atoms with Crippen LogP contribution in [0.3, 0.4) is 0 Å². The molecule has 1 N–H and O–H groups in total. The van der Waals surface area contributed by atoms with Crippen LogP contribution in [0.2, 0.25) is 0 Å². The molecular weight excluding hydrogens is 308 g/mol. The van der Waals surface area contributed by atoms with Gasteiger partial charge in [-0.05, 0) is 48.8 Å². The number of aliphatic carboxylic acids is 1. The van der Waals surface area contributed by atoms with E-state index in [2.05, 4.69) is 15.9 Å². The van der Waals surface area contributed by atoms with Gasteiger partial charge in [-0.15, -0.1) is 0 Å². The van der Waals surface area contributed by atoms with E-state index in [9.17, 15) is 9.90 Å². The van der Waals surface area contributed by atoms with Gasteiger partial charge in [-0.3, -0.25) is 4.79 Å². The molecule has 1 aromatic carbocycles. The minimum absolute atomic E-state index is 0.198. The molecule has 1 saturated heterocycles. The molecule has 1 saturated carbocycles. The minimum Gasteiger partial charge on any atom is -0.481 e. The van der Waals surface area contributed by atoms with Gasteiger partial charge in [0.15, 0.2) is 0 Å². The summed E-state index contributed by atoms with van der Waals surface area (Å²) in [6.45, 7) is 1.55. The second-order valence-corrected chi connectivity index (χ2v) is 6.78. The summed E-state index contributed by atoms with van der Waals surface area (Å²) in [5.74, 6) is -0.688. The maximum Gasteiger partial charge on any atom is 0.314 e. The zero-order valence-electron chi connectivity index (χ0n) is 10.7. The molecule has 0 unspecified atom stereocenters. The first-order valence-corrected chi connectivity index (χ1v) is 7.43. The summed E-state index contributed by atoms with van der Waals surface area (Å²) < 4.78 is 6.38. The number of hydrogen-bond acceptors (Lipinski definition) is 2. The zero-order valence-corrected chi connectivity index (χ0v) is 12.3. The summed E-state index contributed by atoms with van der Waals surface area (Å²) in [6.07, 6.45) is 3.50. The monoisotopic (exact) mass is 324 g/mol. The van der Waals surface area contributed by atoms with Gasteiger partial charge in [-0.1, -0.05) is 28.1 Å². The fraction of sp³-hybridized carbons (Fsp3) is 0.533. The topological polar surface area (TPSA) is 46.5 Å². The molecule has 0 amide bonds. The van der Waals surface area contributed by atoms with Crippen molar-refractivity contribution in [1.29, 1.82) is 0 Å². The van der Waals surface area contributed by atoms with Gasteiger partial charge in [-0.2, -0.15) is 0 Å². The molecule has 2 fully saturated rings.